The summed E-state index contributed by atoms with van der Waals surface area (Å²) >= 11 is 7.61. The van der Waals surface area contributed by atoms with Gasteiger partial charge < -0.3 is 10.5 Å². The summed E-state index contributed by atoms with van der Waals surface area (Å²) < 4.78 is 6.29. The first kappa shape index (κ1) is 16.3. The molecular weight excluding hydrogens is 304 g/mol. The zero-order valence-electron chi connectivity index (χ0n) is 12.5. The molecule has 1 aromatic heterocycles. The summed E-state index contributed by atoms with van der Waals surface area (Å²) in [4.78, 5) is 3.47. The second-order valence-electron chi connectivity index (χ2n) is 5.17. The van der Waals surface area contributed by atoms with Gasteiger partial charge in [-0.3, -0.25) is 4.90 Å². The molecule has 2 rings (SSSR count). The molecule has 5 heteroatoms. The van der Waals surface area contributed by atoms with Gasteiger partial charge in [0.1, 0.15) is 5.75 Å². The van der Waals surface area contributed by atoms with E-state index in [1.54, 1.807) is 18.4 Å². The minimum Gasteiger partial charge on any atom is -0.496 e. The molecule has 2 unspecified atom stereocenters. The Bertz CT molecular complexity index is 585. The Hall–Kier alpha value is -1.07. The van der Waals surface area contributed by atoms with Gasteiger partial charge in [-0.1, -0.05) is 29.8 Å². The molecule has 0 aliphatic carbocycles. The van der Waals surface area contributed by atoms with Gasteiger partial charge in [0, 0.05) is 23.0 Å². The Morgan fingerprint density at radius 2 is 2.00 bits per heavy atom. The van der Waals surface area contributed by atoms with Crippen molar-refractivity contribution in [1.82, 2.24) is 4.90 Å². The van der Waals surface area contributed by atoms with Gasteiger partial charge in [0.25, 0.3) is 0 Å². The third-order valence-corrected chi connectivity index (χ3v) is 4.68. The van der Waals surface area contributed by atoms with Crippen molar-refractivity contribution >= 4 is 22.9 Å². The highest BCUT2D eigenvalue weighted by molar-refractivity contribution is 7.16. The van der Waals surface area contributed by atoms with Gasteiger partial charge in [-0.05, 0) is 32.2 Å². The van der Waals surface area contributed by atoms with Crippen LogP contribution >= 0.6 is 22.9 Å². The van der Waals surface area contributed by atoms with E-state index in [4.69, 9.17) is 22.1 Å². The Kier molecular flexibility index (Phi) is 5.65. The van der Waals surface area contributed by atoms with Crippen molar-refractivity contribution in [2.45, 2.75) is 25.6 Å². The van der Waals surface area contributed by atoms with Crippen LogP contribution in [0.25, 0.3) is 0 Å². The molecule has 1 heterocycles. The molecule has 0 saturated carbocycles. The summed E-state index contributed by atoms with van der Waals surface area (Å²) in [5.74, 6) is 0.871. The van der Waals surface area contributed by atoms with Crippen molar-refractivity contribution in [3.8, 4) is 5.75 Å². The van der Waals surface area contributed by atoms with E-state index in [9.17, 15) is 0 Å². The summed E-state index contributed by atoms with van der Waals surface area (Å²) in [6, 6.07) is 12.1. The van der Waals surface area contributed by atoms with Crippen molar-refractivity contribution in [2.24, 2.45) is 5.73 Å². The van der Waals surface area contributed by atoms with Crippen LogP contribution in [0.3, 0.4) is 0 Å². The fourth-order valence-electron chi connectivity index (χ4n) is 2.61. The molecule has 0 aliphatic rings. The molecule has 0 spiro atoms. The van der Waals surface area contributed by atoms with Crippen LogP contribution in [0.2, 0.25) is 4.34 Å². The predicted octanol–water partition coefficient (Wildman–Crippen LogP) is 3.93. The van der Waals surface area contributed by atoms with Gasteiger partial charge in [0.05, 0.1) is 17.5 Å². The van der Waals surface area contributed by atoms with Gasteiger partial charge in [-0.25, -0.2) is 0 Å². The van der Waals surface area contributed by atoms with Gasteiger partial charge in [0.15, 0.2) is 0 Å². The number of hydrogen-bond donors (Lipinski definition) is 1. The molecule has 0 aliphatic heterocycles. The zero-order valence-corrected chi connectivity index (χ0v) is 14.1. The highest BCUT2D eigenvalue weighted by atomic mass is 35.5. The first-order chi connectivity index (χ1) is 10.0. The lowest BCUT2D eigenvalue weighted by Gasteiger charge is -2.32. The average molecular weight is 325 g/mol. The maximum atomic E-state index is 6.23. The highest BCUT2D eigenvalue weighted by Gasteiger charge is 2.24. The van der Waals surface area contributed by atoms with Gasteiger partial charge >= 0.3 is 0 Å². The van der Waals surface area contributed by atoms with Gasteiger partial charge in [-0.15, -0.1) is 11.3 Å². The highest BCUT2D eigenvalue weighted by Crippen LogP contribution is 2.32. The number of para-hydroxylation sites is 1. The van der Waals surface area contributed by atoms with Crippen molar-refractivity contribution < 1.29 is 4.74 Å². The number of halogens is 1. The number of thiophene rings is 1. The Morgan fingerprint density at radius 1 is 1.29 bits per heavy atom. The van der Waals surface area contributed by atoms with Crippen LogP contribution in [0.1, 0.15) is 23.4 Å². The topological polar surface area (TPSA) is 38.5 Å². The summed E-state index contributed by atoms with van der Waals surface area (Å²) in [5.41, 5.74) is 7.34. The summed E-state index contributed by atoms with van der Waals surface area (Å²) in [7, 11) is 3.77. The van der Waals surface area contributed by atoms with Crippen LogP contribution in [0, 0.1) is 0 Å². The molecule has 2 aromatic rings. The number of ether oxygens (including phenoxy) is 1. The number of methoxy groups -OCH3 is 1. The standard InChI is InChI=1S/C16H21ClN2OS/c1-11(18)16(13-6-4-5-7-14(13)20-3)19(2)10-12-8-9-15(17)21-12/h4-9,11,16H,10,18H2,1-3H3. The number of hydrogen-bond acceptors (Lipinski definition) is 4. The Morgan fingerprint density at radius 3 is 2.57 bits per heavy atom. The summed E-state index contributed by atoms with van der Waals surface area (Å²) in [5, 5.41) is 0. The van der Waals surface area contributed by atoms with Crippen LogP contribution in [0.15, 0.2) is 36.4 Å². The zero-order chi connectivity index (χ0) is 15.4. The molecule has 0 amide bonds. The van der Waals surface area contributed by atoms with E-state index in [1.807, 2.05) is 31.2 Å². The quantitative estimate of drug-likeness (QED) is 0.875. The molecule has 0 radical (unpaired) electrons. The van der Waals surface area contributed by atoms with E-state index < -0.39 is 0 Å². The minimum absolute atomic E-state index is 0.0123. The van der Waals surface area contributed by atoms with E-state index in [0.29, 0.717) is 0 Å². The van der Waals surface area contributed by atoms with Gasteiger partial charge in [0.2, 0.25) is 0 Å². The molecule has 0 saturated heterocycles. The van der Waals surface area contributed by atoms with E-state index in [2.05, 4.69) is 24.1 Å². The van der Waals surface area contributed by atoms with Crippen molar-refractivity contribution in [3.05, 3.63) is 51.2 Å². The third-order valence-electron chi connectivity index (χ3n) is 3.46. The molecule has 0 fully saturated rings. The maximum absolute atomic E-state index is 6.23. The smallest absolute Gasteiger partial charge is 0.123 e. The monoisotopic (exact) mass is 324 g/mol. The van der Waals surface area contributed by atoms with E-state index in [-0.39, 0.29) is 12.1 Å². The average Bonchev–Trinajstić information content (AvgIpc) is 2.84. The van der Waals surface area contributed by atoms with Gasteiger partial charge in [-0.2, -0.15) is 0 Å². The van der Waals surface area contributed by atoms with Crippen molar-refractivity contribution in [1.29, 1.82) is 0 Å². The second kappa shape index (κ2) is 7.27. The fraction of sp³-hybridized carbons (Fsp3) is 0.375. The molecule has 114 valence electrons. The number of nitrogens with zero attached hydrogens (tertiary/aromatic N) is 1. The van der Waals surface area contributed by atoms with Crippen LogP contribution in [-0.2, 0) is 6.54 Å². The molecule has 2 atom stereocenters. The Labute approximate surface area is 135 Å². The lowest BCUT2D eigenvalue weighted by molar-refractivity contribution is 0.208. The summed E-state index contributed by atoms with van der Waals surface area (Å²) in [6.45, 7) is 2.83. The minimum atomic E-state index is -0.0123. The lowest BCUT2D eigenvalue weighted by atomic mass is 9.98. The first-order valence-electron chi connectivity index (χ1n) is 6.86. The normalized spacial score (nSPS) is 14.2. The third kappa shape index (κ3) is 3.98. The molecular formula is C16H21ClN2OS. The largest absolute Gasteiger partial charge is 0.496 e. The SMILES string of the molecule is COc1ccccc1C(C(C)N)N(C)Cc1ccc(Cl)s1. The van der Waals surface area contributed by atoms with E-state index in [0.717, 1.165) is 22.2 Å². The van der Waals surface area contributed by atoms with Crippen molar-refractivity contribution in [2.75, 3.05) is 14.2 Å². The molecule has 3 nitrogen and oxygen atoms in total. The predicted molar refractivity (Wildman–Crippen MR) is 90.2 cm³/mol. The second-order valence-corrected chi connectivity index (χ2v) is 6.97. The number of rotatable bonds is 6. The molecule has 2 N–H and O–H groups in total. The van der Waals surface area contributed by atoms with Crippen LogP contribution < -0.4 is 10.5 Å². The number of benzene rings is 1. The first-order valence-corrected chi connectivity index (χ1v) is 8.05. The van der Waals surface area contributed by atoms with E-state index in [1.165, 1.54) is 4.88 Å². The van der Waals surface area contributed by atoms with Crippen LogP contribution in [-0.4, -0.2) is 25.1 Å². The molecule has 1 aromatic carbocycles. The van der Waals surface area contributed by atoms with E-state index >= 15 is 0 Å². The number of nitrogens with two attached hydrogens (primary N) is 1. The van der Waals surface area contributed by atoms with Crippen LogP contribution in [0.5, 0.6) is 5.75 Å². The summed E-state index contributed by atoms with van der Waals surface area (Å²) in [6.07, 6.45) is 0. The van der Waals surface area contributed by atoms with Crippen molar-refractivity contribution in [3.63, 3.8) is 0 Å². The molecule has 21 heavy (non-hydrogen) atoms. The molecule has 0 bridgehead atoms. The Balaban J connectivity index is 2.25. The fourth-order valence-corrected chi connectivity index (χ4v) is 3.76. The van der Waals surface area contributed by atoms with Crippen LogP contribution in [0.4, 0.5) is 0 Å². The lowest BCUT2D eigenvalue weighted by Crippen LogP contribution is -2.37. The number of likely N-dealkylation sites (N-methyl/N-ethyl adjacent to an activating group) is 1. The maximum Gasteiger partial charge on any atom is 0.123 e.